The molecule has 3 rings (SSSR count). The van der Waals surface area contributed by atoms with Gasteiger partial charge in [0.15, 0.2) is 5.65 Å². The summed E-state index contributed by atoms with van der Waals surface area (Å²) in [6.45, 7) is 1.99. The molecule has 74 valence electrons. The Labute approximate surface area is 84.4 Å². The van der Waals surface area contributed by atoms with Crippen LogP contribution in [0.25, 0.3) is 16.6 Å². The fourth-order valence-electron chi connectivity index (χ4n) is 1.66. The zero-order chi connectivity index (χ0) is 10.4. The lowest BCUT2D eigenvalue weighted by atomic mass is 10.2. The molecule has 0 saturated carbocycles. The van der Waals surface area contributed by atoms with Crippen molar-refractivity contribution in [2.45, 2.75) is 6.92 Å². The Morgan fingerprint density at radius 1 is 1.40 bits per heavy atom. The molecule has 5 heteroatoms. The minimum Gasteiger partial charge on any atom is -0.246 e. The predicted octanol–water partition coefficient (Wildman–Crippen LogP) is 0.879. The third-order valence-corrected chi connectivity index (χ3v) is 2.41. The number of hydrogen-bond acceptors (Lipinski definition) is 3. The third-order valence-electron chi connectivity index (χ3n) is 2.41. The van der Waals surface area contributed by atoms with E-state index in [0.717, 1.165) is 16.5 Å². The molecular weight excluding hydrogens is 192 g/mol. The van der Waals surface area contributed by atoms with Gasteiger partial charge in [-0.15, -0.1) is 0 Å². The number of hydrogen-bond donors (Lipinski definition) is 1. The molecule has 2 aromatic heterocycles. The number of aromatic amines is 1. The summed E-state index contributed by atoms with van der Waals surface area (Å²) in [6.07, 6.45) is 1.48. The fraction of sp³-hybridized carbons (Fsp3) is 0.100. The summed E-state index contributed by atoms with van der Waals surface area (Å²) in [5.41, 5.74) is 2.31. The second-order valence-electron chi connectivity index (χ2n) is 3.49. The van der Waals surface area contributed by atoms with E-state index in [1.807, 2.05) is 25.1 Å². The van der Waals surface area contributed by atoms with Crippen LogP contribution < -0.4 is 5.69 Å². The molecule has 0 spiro atoms. The Hall–Kier alpha value is -2.17. The van der Waals surface area contributed by atoms with Gasteiger partial charge in [0.05, 0.1) is 5.52 Å². The van der Waals surface area contributed by atoms with Crippen molar-refractivity contribution in [1.82, 2.24) is 19.6 Å². The van der Waals surface area contributed by atoms with Gasteiger partial charge < -0.3 is 0 Å². The van der Waals surface area contributed by atoms with E-state index < -0.39 is 0 Å². The van der Waals surface area contributed by atoms with E-state index in [1.54, 1.807) is 0 Å². The zero-order valence-electron chi connectivity index (χ0n) is 8.06. The fourth-order valence-corrected chi connectivity index (χ4v) is 1.66. The number of fused-ring (bicyclic) bond motifs is 3. The molecule has 1 aromatic carbocycles. The number of benzene rings is 1. The molecule has 5 nitrogen and oxygen atoms in total. The molecular formula is C10H8N4O. The Morgan fingerprint density at radius 3 is 3.13 bits per heavy atom. The van der Waals surface area contributed by atoms with Gasteiger partial charge in [0, 0.05) is 5.39 Å². The highest BCUT2D eigenvalue weighted by Gasteiger charge is 2.05. The van der Waals surface area contributed by atoms with Gasteiger partial charge in [-0.25, -0.2) is 19.3 Å². The van der Waals surface area contributed by atoms with Gasteiger partial charge >= 0.3 is 5.69 Å². The van der Waals surface area contributed by atoms with Crippen LogP contribution in [0.15, 0.2) is 29.3 Å². The summed E-state index contributed by atoms with van der Waals surface area (Å²) in [4.78, 5) is 15.5. The standard InChI is InChI=1S/C10H8N4O/c1-6-2-3-8-7(4-6)9-12-13-10(15)14(9)5-11-8/h2-5H,1H3,(H,13,15). The van der Waals surface area contributed by atoms with Gasteiger partial charge in [0.2, 0.25) is 0 Å². The number of rotatable bonds is 0. The molecule has 0 unspecified atom stereocenters. The van der Waals surface area contributed by atoms with Crippen molar-refractivity contribution in [2.75, 3.05) is 0 Å². The third kappa shape index (κ3) is 1.06. The number of aryl methyl sites for hydroxylation is 1. The highest BCUT2D eigenvalue weighted by molar-refractivity contribution is 5.91. The van der Waals surface area contributed by atoms with E-state index in [4.69, 9.17) is 0 Å². The lowest BCUT2D eigenvalue weighted by Gasteiger charge is -1.99. The van der Waals surface area contributed by atoms with Crippen molar-refractivity contribution in [2.24, 2.45) is 0 Å². The molecule has 0 aliphatic carbocycles. The maximum absolute atomic E-state index is 11.3. The van der Waals surface area contributed by atoms with Gasteiger partial charge in [-0.3, -0.25) is 0 Å². The predicted molar refractivity (Wildman–Crippen MR) is 55.9 cm³/mol. The van der Waals surface area contributed by atoms with Crippen molar-refractivity contribution in [3.63, 3.8) is 0 Å². The van der Waals surface area contributed by atoms with Crippen LogP contribution in [-0.2, 0) is 0 Å². The number of aromatic nitrogens is 4. The molecule has 3 aromatic rings. The van der Waals surface area contributed by atoms with Crippen molar-refractivity contribution < 1.29 is 0 Å². The summed E-state index contributed by atoms with van der Waals surface area (Å²) >= 11 is 0. The molecule has 15 heavy (non-hydrogen) atoms. The molecule has 0 radical (unpaired) electrons. The van der Waals surface area contributed by atoms with Crippen molar-refractivity contribution in [3.05, 3.63) is 40.6 Å². The molecule has 0 atom stereocenters. The van der Waals surface area contributed by atoms with E-state index in [-0.39, 0.29) is 5.69 Å². The monoisotopic (exact) mass is 200 g/mol. The van der Waals surface area contributed by atoms with Crippen LogP contribution in [-0.4, -0.2) is 19.6 Å². The summed E-state index contributed by atoms with van der Waals surface area (Å²) < 4.78 is 1.40. The summed E-state index contributed by atoms with van der Waals surface area (Å²) in [5.74, 6) is 0. The summed E-state index contributed by atoms with van der Waals surface area (Å²) in [7, 11) is 0. The Balaban J connectivity index is 2.63. The average Bonchev–Trinajstić information content (AvgIpc) is 2.61. The highest BCUT2D eigenvalue weighted by atomic mass is 16.1. The summed E-state index contributed by atoms with van der Waals surface area (Å²) in [6, 6.07) is 5.87. The molecule has 1 N–H and O–H groups in total. The molecule has 0 saturated heterocycles. The van der Waals surface area contributed by atoms with Gasteiger partial charge in [-0.2, -0.15) is 5.10 Å². The van der Waals surface area contributed by atoms with Gasteiger partial charge in [0.25, 0.3) is 0 Å². The van der Waals surface area contributed by atoms with E-state index in [2.05, 4.69) is 15.2 Å². The van der Waals surface area contributed by atoms with Crippen molar-refractivity contribution in [3.8, 4) is 0 Å². The quantitative estimate of drug-likeness (QED) is 0.586. The van der Waals surface area contributed by atoms with Crippen molar-refractivity contribution in [1.29, 1.82) is 0 Å². The van der Waals surface area contributed by atoms with Gasteiger partial charge in [0.1, 0.15) is 6.33 Å². The molecule has 0 bridgehead atoms. The lowest BCUT2D eigenvalue weighted by molar-refractivity contribution is 1.00. The topological polar surface area (TPSA) is 63.1 Å². The van der Waals surface area contributed by atoms with Crippen LogP contribution in [0.4, 0.5) is 0 Å². The number of nitrogens with one attached hydrogen (secondary N) is 1. The Morgan fingerprint density at radius 2 is 2.27 bits per heavy atom. The molecule has 0 amide bonds. The second kappa shape index (κ2) is 2.66. The van der Waals surface area contributed by atoms with E-state index >= 15 is 0 Å². The maximum Gasteiger partial charge on any atom is 0.348 e. The van der Waals surface area contributed by atoms with Gasteiger partial charge in [-0.1, -0.05) is 11.6 Å². The van der Waals surface area contributed by atoms with Crippen LogP contribution in [0, 0.1) is 6.92 Å². The van der Waals surface area contributed by atoms with Crippen LogP contribution in [0.2, 0.25) is 0 Å². The second-order valence-corrected chi connectivity index (χ2v) is 3.49. The average molecular weight is 200 g/mol. The van der Waals surface area contributed by atoms with E-state index in [1.165, 1.54) is 10.7 Å². The normalized spacial score (nSPS) is 11.3. The highest BCUT2D eigenvalue weighted by Crippen LogP contribution is 2.16. The number of nitrogens with zero attached hydrogens (tertiary/aromatic N) is 3. The van der Waals surface area contributed by atoms with Crippen LogP contribution in [0.3, 0.4) is 0 Å². The zero-order valence-corrected chi connectivity index (χ0v) is 8.06. The largest absolute Gasteiger partial charge is 0.348 e. The van der Waals surface area contributed by atoms with Crippen molar-refractivity contribution >= 4 is 16.6 Å². The molecule has 2 heterocycles. The maximum atomic E-state index is 11.3. The van der Waals surface area contributed by atoms with Crippen LogP contribution in [0.5, 0.6) is 0 Å². The Bertz CT molecular complexity index is 710. The first kappa shape index (κ1) is 8.16. The Kier molecular flexibility index (Phi) is 1.45. The van der Waals surface area contributed by atoms with Gasteiger partial charge in [-0.05, 0) is 19.1 Å². The first-order valence-electron chi connectivity index (χ1n) is 4.58. The lowest BCUT2D eigenvalue weighted by Crippen LogP contribution is -2.09. The van der Waals surface area contributed by atoms with Crippen LogP contribution >= 0.6 is 0 Å². The summed E-state index contributed by atoms with van der Waals surface area (Å²) in [5, 5.41) is 7.26. The molecule has 0 fully saturated rings. The van der Waals surface area contributed by atoms with E-state index in [0.29, 0.717) is 5.65 Å². The number of H-pyrrole nitrogens is 1. The molecule has 0 aliphatic rings. The minimum absolute atomic E-state index is 0.263. The van der Waals surface area contributed by atoms with Crippen LogP contribution in [0.1, 0.15) is 5.56 Å². The minimum atomic E-state index is -0.263. The first-order chi connectivity index (χ1) is 7.25. The molecule has 0 aliphatic heterocycles. The first-order valence-corrected chi connectivity index (χ1v) is 4.58. The van der Waals surface area contributed by atoms with E-state index in [9.17, 15) is 4.79 Å². The SMILES string of the molecule is Cc1ccc2ncn3c(=O)[nH]nc3c2c1. The smallest absolute Gasteiger partial charge is 0.246 e.